The van der Waals surface area contributed by atoms with Crippen LogP contribution in [0.3, 0.4) is 0 Å². The summed E-state index contributed by atoms with van der Waals surface area (Å²) in [6.45, 7) is 8.39. The monoisotopic (exact) mass is 185 g/mol. The lowest BCUT2D eigenvalue weighted by Gasteiger charge is -2.35. The molecule has 0 aliphatic heterocycles. The molecular formula is C11H23NO. The zero-order valence-corrected chi connectivity index (χ0v) is 9.23. The SMILES string of the molecule is CCNC(C)C1(OCC)CCCC1. The normalized spacial score (nSPS) is 23.3. The Morgan fingerprint density at radius 3 is 2.38 bits per heavy atom. The first-order valence-electron chi connectivity index (χ1n) is 5.62. The molecule has 1 atom stereocenters. The highest BCUT2D eigenvalue weighted by molar-refractivity contribution is 4.94. The zero-order chi connectivity index (χ0) is 9.73. The Kier molecular flexibility index (Phi) is 4.20. The van der Waals surface area contributed by atoms with Crippen LogP contribution < -0.4 is 5.32 Å². The first-order valence-corrected chi connectivity index (χ1v) is 5.62. The smallest absolute Gasteiger partial charge is 0.0831 e. The highest BCUT2D eigenvalue weighted by atomic mass is 16.5. The first-order chi connectivity index (χ1) is 6.25. The standard InChI is InChI=1S/C11H23NO/c1-4-12-10(3)11(13-5-2)8-6-7-9-11/h10,12H,4-9H2,1-3H3. The molecule has 1 rings (SSSR count). The van der Waals surface area contributed by atoms with E-state index in [1.165, 1.54) is 25.7 Å². The Bertz CT molecular complexity index is 141. The molecule has 0 radical (unpaired) electrons. The van der Waals surface area contributed by atoms with Gasteiger partial charge in [-0.1, -0.05) is 19.8 Å². The fraction of sp³-hybridized carbons (Fsp3) is 1.00. The number of nitrogens with one attached hydrogen (secondary N) is 1. The molecule has 13 heavy (non-hydrogen) atoms. The maximum atomic E-state index is 5.94. The lowest BCUT2D eigenvalue weighted by atomic mass is 9.93. The summed E-state index contributed by atoms with van der Waals surface area (Å²) in [5, 5.41) is 3.49. The predicted octanol–water partition coefficient (Wildman–Crippen LogP) is 2.33. The van der Waals surface area contributed by atoms with E-state index in [4.69, 9.17) is 4.74 Å². The Hall–Kier alpha value is -0.0800. The minimum Gasteiger partial charge on any atom is -0.374 e. The summed E-state index contributed by atoms with van der Waals surface area (Å²) in [5.41, 5.74) is 0.144. The molecule has 0 saturated heterocycles. The van der Waals surface area contributed by atoms with E-state index in [-0.39, 0.29) is 5.60 Å². The summed E-state index contributed by atoms with van der Waals surface area (Å²) in [4.78, 5) is 0. The van der Waals surface area contributed by atoms with E-state index >= 15 is 0 Å². The van der Waals surface area contributed by atoms with Crippen LogP contribution in [0, 0.1) is 0 Å². The van der Waals surface area contributed by atoms with E-state index < -0.39 is 0 Å². The number of likely N-dealkylation sites (N-methyl/N-ethyl adjacent to an activating group) is 1. The summed E-state index contributed by atoms with van der Waals surface area (Å²) in [5.74, 6) is 0. The average molecular weight is 185 g/mol. The van der Waals surface area contributed by atoms with Crippen molar-refractivity contribution >= 4 is 0 Å². The van der Waals surface area contributed by atoms with Crippen LogP contribution in [0.15, 0.2) is 0 Å². The second-order valence-corrected chi connectivity index (χ2v) is 3.98. The highest BCUT2D eigenvalue weighted by Crippen LogP contribution is 2.35. The van der Waals surface area contributed by atoms with Crippen molar-refractivity contribution in [1.29, 1.82) is 0 Å². The molecule has 1 aliphatic rings. The molecule has 1 N–H and O–H groups in total. The van der Waals surface area contributed by atoms with Gasteiger partial charge in [0.1, 0.15) is 0 Å². The number of hydrogen-bond donors (Lipinski definition) is 1. The Balaban J connectivity index is 2.54. The Morgan fingerprint density at radius 2 is 1.92 bits per heavy atom. The van der Waals surface area contributed by atoms with Crippen molar-refractivity contribution in [1.82, 2.24) is 5.32 Å². The first kappa shape index (κ1) is 11.0. The molecule has 0 aromatic carbocycles. The van der Waals surface area contributed by atoms with Crippen LogP contribution in [0.1, 0.15) is 46.5 Å². The molecule has 2 heteroatoms. The molecule has 0 aromatic rings. The molecule has 1 fully saturated rings. The number of hydrogen-bond acceptors (Lipinski definition) is 2. The lowest BCUT2D eigenvalue weighted by molar-refractivity contribution is -0.0567. The largest absolute Gasteiger partial charge is 0.374 e. The molecular weight excluding hydrogens is 162 g/mol. The molecule has 0 amide bonds. The van der Waals surface area contributed by atoms with Crippen molar-refractivity contribution in [3.63, 3.8) is 0 Å². The van der Waals surface area contributed by atoms with Crippen molar-refractivity contribution in [2.75, 3.05) is 13.2 Å². The third kappa shape index (κ3) is 2.44. The fourth-order valence-electron chi connectivity index (χ4n) is 2.46. The van der Waals surface area contributed by atoms with Gasteiger partial charge in [-0.2, -0.15) is 0 Å². The summed E-state index contributed by atoms with van der Waals surface area (Å²) in [6.07, 6.45) is 5.12. The van der Waals surface area contributed by atoms with Gasteiger partial charge in [-0.15, -0.1) is 0 Å². The summed E-state index contributed by atoms with van der Waals surface area (Å²) >= 11 is 0. The van der Waals surface area contributed by atoms with Gasteiger partial charge in [0.2, 0.25) is 0 Å². The summed E-state index contributed by atoms with van der Waals surface area (Å²) in [6, 6.07) is 0.500. The van der Waals surface area contributed by atoms with E-state index in [1.54, 1.807) is 0 Å². The van der Waals surface area contributed by atoms with Crippen LogP contribution in [0.25, 0.3) is 0 Å². The van der Waals surface area contributed by atoms with E-state index in [1.807, 2.05) is 0 Å². The second kappa shape index (κ2) is 4.97. The van der Waals surface area contributed by atoms with Crippen LogP contribution >= 0.6 is 0 Å². The molecule has 2 nitrogen and oxygen atoms in total. The Labute approximate surface area is 82.0 Å². The molecule has 1 aliphatic carbocycles. The topological polar surface area (TPSA) is 21.3 Å². The third-order valence-corrected chi connectivity index (χ3v) is 3.18. The third-order valence-electron chi connectivity index (χ3n) is 3.18. The average Bonchev–Trinajstić information content (AvgIpc) is 2.55. The molecule has 0 bridgehead atoms. The van der Waals surface area contributed by atoms with Gasteiger partial charge in [0.15, 0.2) is 0 Å². The van der Waals surface area contributed by atoms with Gasteiger partial charge in [0.25, 0.3) is 0 Å². The van der Waals surface area contributed by atoms with E-state index in [9.17, 15) is 0 Å². The van der Waals surface area contributed by atoms with Crippen molar-refractivity contribution in [3.8, 4) is 0 Å². The zero-order valence-electron chi connectivity index (χ0n) is 9.23. The lowest BCUT2D eigenvalue weighted by Crippen LogP contribution is -2.49. The fourth-order valence-corrected chi connectivity index (χ4v) is 2.46. The quantitative estimate of drug-likeness (QED) is 0.710. The van der Waals surface area contributed by atoms with Crippen molar-refractivity contribution in [3.05, 3.63) is 0 Å². The molecule has 0 heterocycles. The van der Waals surface area contributed by atoms with Gasteiger partial charge in [-0.3, -0.25) is 0 Å². The molecule has 0 aromatic heterocycles. The van der Waals surface area contributed by atoms with Crippen LogP contribution in [0.4, 0.5) is 0 Å². The molecule has 78 valence electrons. The van der Waals surface area contributed by atoms with Gasteiger partial charge >= 0.3 is 0 Å². The van der Waals surface area contributed by atoms with Gasteiger partial charge in [0.05, 0.1) is 5.60 Å². The van der Waals surface area contributed by atoms with Crippen LogP contribution in [-0.4, -0.2) is 24.8 Å². The van der Waals surface area contributed by atoms with Crippen molar-refractivity contribution < 1.29 is 4.74 Å². The summed E-state index contributed by atoms with van der Waals surface area (Å²) < 4.78 is 5.94. The molecule has 1 unspecified atom stereocenters. The van der Waals surface area contributed by atoms with E-state index in [0.717, 1.165) is 13.2 Å². The molecule has 1 saturated carbocycles. The maximum absolute atomic E-state index is 5.94. The van der Waals surface area contributed by atoms with Gasteiger partial charge in [0, 0.05) is 12.6 Å². The minimum atomic E-state index is 0.144. The van der Waals surface area contributed by atoms with Crippen molar-refractivity contribution in [2.45, 2.75) is 58.1 Å². The van der Waals surface area contributed by atoms with Crippen LogP contribution in [-0.2, 0) is 4.74 Å². The van der Waals surface area contributed by atoms with Crippen molar-refractivity contribution in [2.24, 2.45) is 0 Å². The Morgan fingerprint density at radius 1 is 1.31 bits per heavy atom. The number of ether oxygens (including phenoxy) is 1. The maximum Gasteiger partial charge on any atom is 0.0831 e. The second-order valence-electron chi connectivity index (χ2n) is 3.98. The van der Waals surface area contributed by atoms with Crippen LogP contribution in [0.2, 0.25) is 0 Å². The number of rotatable bonds is 5. The van der Waals surface area contributed by atoms with E-state index in [2.05, 4.69) is 26.1 Å². The minimum absolute atomic E-state index is 0.144. The molecule has 0 spiro atoms. The predicted molar refractivity (Wildman–Crippen MR) is 56.0 cm³/mol. The van der Waals surface area contributed by atoms with E-state index in [0.29, 0.717) is 6.04 Å². The van der Waals surface area contributed by atoms with Gasteiger partial charge in [-0.05, 0) is 33.2 Å². The van der Waals surface area contributed by atoms with Crippen LogP contribution in [0.5, 0.6) is 0 Å². The van der Waals surface area contributed by atoms with Gasteiger partial charge in [-0.25, -0.2) is 0 Å². The van der Waals surface area contributed by atoms with Gasteiger partial charge < -0.3 is 10.1 Å². The summed E-state index contributed by atoms with van der Waals surface area (Å²) in [7, 11) is 0. The highest BCUT2D eigenvalue weighted by Gasteiger charge is 2.39.